The summed E-state index contributed by atoms with van der Waals surface area (Å²) in [5.41, 5.74) is -0.127. The number of carbonyl (C=O) groups is 1. The molecule has 0 aromatic carbocycles. The second-order valence-electron chi connectivity index (χ2n) is 4.66. The van der Waals surface area contributed by atoms with Crippen LogP contribution >= 0.6 is 0 Å². The van der Waals surface area contributed by atoms with E-state index in [0.717, 1.165) is 0 Å². The van der Waals surface area contributed by atoms with Crippen LogP contribution in [0.2, 0.25) is 0 Å². The molecule has 0 spiro atoms. The number of esters is 1. The number of cyclic esters (lactones) is 1. The van der Waals surface area contributed by atoms with Gasteiger partial charge in [-0.15, -0.1) is 0 Å². The first-order valence-electron chi connectivity index (χ1n) is 5.37. The number of hydrogen-bond donors (Lipinski definition) is 0. The summed E-state index contributed by atoms with van der Waals surface area (Å²) in [6, 6.07) is 0. The van der Waals surface area contributed by atoms with Gasteiger partial charge in [-0.3, -0.25) is 4.79 Å². The van der Waals surface area contributed by atoms with E-state index in [2.05, 4.69) is 6.92 Å². The van der Waals surface area contributed by atoms with Crippen molar-refractivity contribution in [1.29, 1.82) is 0 Å². The van der Waals surface area contributed by atoms with Crippen LogP contribution < -0.4 is 0 Å². The molecule has 2 fully saturated rings. The molecule has 1 saturated carbocycles. The minimum absolute atomic E-state index is 0.00641. The zero-order valence-corrected chi connectivity index (χ0v) is 8.51. The van der Waals surface area contributed by atoms with Crippen LogP contribution in [0.5, 0.6) is 0 Å². The Balaban J connectivity index is 2.02. The van der Waals surface area contributed by atoms with E-state index in [1.165, 1.54) is 32.1 Å². The van der Waals surface area contributed by atoms with E-state index in [4.69, 9.17) is 4.74 Å². The van der Waals surface area contributed by atoms with Gasteiger partial charge in [0.05, 0.1) is 5.92 Å². The number of ether oxygens (including phenoxy) is 1. The summed E-state index contributed by atoms with van der Waals surface area (Å²) in [6.07, 6.45) is 6.46. The lowest BCUT2D eigenvalue weighted by Crippen LogP contribution is -2.58. The van der Waals surface area contributed by atoms with E-state index in [9.17, 15) is 4.79 Å². The fraction of sp³-hybridized carbons (Fsp3) is 0.909. The van der Waals surface area contributed by atoms with Crippen molar-refractivity contribution in [3.63, 3.8) is 0 Å². The Morgan fingerprint density at radius 1 is 1.31 bits per heavy atom. The van der Waals surface area contributed by atoms with Crippen molar-refractivity contribution in [1.82, 2.24) is 0 Å². The Bertz CT molecular complexity index is 218. The smallest absolute Gasteiger partial charge is 0.313 e. The summed E-state index contributed by atoms with van der Waals surface area (Å²) < 4.78 is 5.34. The van der Waals surface area contributed by atoms with Crippen molar-refractivity contribution in [3.8, 4) is 0 Å². The number of carbonyl (C=O) groups excluding carboxylic acids is 1. The van der Waals surface area contributed by atoms with Crippen LogP contribution in [0.3, 0.4) is 0 Å². The largest absolute Gasteiger partial charge is 0.458 e. The molecular weight excluding hydrogens is 164 g/mol. The van der Waals surface area contributed by atoms with E-state index < -0.39 is 0 Å². The van der Waals surface area contributed by atoms with Crippen LogP contribution in [0, 0.1) is 11.8 Å². The zero-order chi connectivity index (χ0) is 9.47. The predicted octanol–water partition coefficient (Wildman–Crippen LogP) is 2.52. The van der Waals surface area contributed by atoms with Gasteiger partial charge in [0.15, 0.2) is 0 Å². The van der Waals surface area contributed by atoms with Crippen LogP contribution in [0.15, 0.2) is 0 Å². The van der Waals surface area contributed by atoms with Crippen LogP contribution in [-0.4, -0.2) is 11.6 Å². The van der Waals surface area contributed by atoms with Crippen LogP contribution in [0.1, 0.15) is 46.0 Å². The van der Waals surface area contributed by atoms with Gasteiger partial charge in [-0.2, -0.15) is 0 Å². The van der Waals surface area contributed by atoms with Gasteiger partial charge >= 0.3 is 5.97 Å². The lowest BCUT2D eigenvalue weighted by Gasteiger charge is -2.49. The second kappa shape index (κ2) is 3.00. The first-order chi connectivity index (χ1) is 6.14. The van der Waals surface area contributed by atoms with E-state index >= 15 is 0 Å². The molecule has 1 aliphatic carbocycles. The average molecular weight is 182 g/mol. The Morgan fingerprint density at radius 3 is 2.38 bits per heavy atom. The third-order valence-electron chi connectivity index (χ3n) is 3.95. The molecule has 1 aliphatic heterocycles. The van der Waals surface area contributed by atoms with Gasteiger partial charge in [0.1, 0.15) is 5.60 Å². The van der Waals surface area contributed by atoms with Crippen LogP contribution in [0.4, 0.5) is 0 Å². The van der Waals surface area contributed by atoms with Gasteiger partial charge in [-0.25, -0.2) is 0 Å². The Hall–Kier alpha value is -0.530. The number of hydrogen-bond acceptors (Lipinski definition) is 2. The fourth-order valence-corrected chi connectivity index (χ4v) is 2.68. The monoisotopic (exact) mass is 182 g/mol. The minimum Gasteiger partial charge on any atom is -0.458 e. The highest BCUT2D eigenvalue weighted by atomic mass is 16.6. The van der Waals surface area contributed by atoms with Crippen molar-refractivity contribution in [2.45, 2.75) is 51.6 Å². The summed E-state index contributed by atoms with van der Waals surface area (Å²) >= 11 is 0. The average Bonchev–Trinajstić information content (AvgIpc) is 2.19. The van der Waals surface area contributed by atoms with Crippen molar-refractivity contribution >= 4 is 5.97 Å². The maximum Gasteiger partial charge on any atom is 0.313 e. The molecule has 0 N–H and O–H groups in total. The molecule has 1 heterocycles. The highest BCUT2D eigenvalue weighted by Gasteiger charge is 2.54. The minimum atomic E-state index is -0.127. The summed E-state index contributed by atoms with van der Waals surface area (Å²) in [7, 11) is 0. The molecule has 2 rings (SSSR count). The highest BCUT2D eigenvalue weighted by molar-refractivity contribution is 5.79. The van der Waals surface area contributed by atoms with Gasteiger partial charge in [-0.1, -0.05) is 19.3 Å². The van der Waals surface area contributed by atoms with Gasteiger partial charge < -0.3 is 4.74 Å². The molecule has 2 unspecified atom stereocenters. The molecule has 13 heavy (non-hydrogen) atoms. The molecule has 2 nitrogen and oxygen atoms in total. The third-order valence-corrected chi connectivity index (χ3v) is 3.95. The topological polar surface area (TPSA) is 26.3 Å². The lowest BCUT2D eigenvalue weighted by atomic mass is 9.69. The van der Waals surface area contributed by atoms with Crippen molar-refractivity contribution in [2.24, 2.45) is 11.8 Å². The van der Waals surface area contributed by atoms with Crippen molar-refractivity contribution < 1.29 is 9.53 Å². The van der Waals surface area contributed by atoms with E-state index in [-0.39, 0.29) is 17.5 Å². The molecule has 0 amide bonds. The molecule has 1 saturated heterocycles. The van der Waals surface area contributed by atoms with Crippen LogP contribution in [0.25, 0.3) is 0 Å². The van der Waals surface area contributed by atoms with Gasteiger partial charge in [0.25, 0.3) is 0 Å². The molecule has 2 atom stereocenters. The Labute approximate surface area is 79.7 Å². The highest BCUT2D eigenvalue weighted by Crippen LogP contribution is 2.45. The molecule has 0 bridgehead atoms. The Morgan fingerprint density at radius 2 is 1.92 bits per heavy atom. The maximum atomic E-state index is 11.1. The molecule has 2 aliphatic rings. The summed E-state index contributed by atoms with van der Waals surface area (Å²) in [5, 5.41) is 0. The molecular formula is C11H18O2. The zero-order valence-electron chi connectivity index (χ0n) is 8.51. The van der Waals surface area contributed by atoms with E-state index in [1.807, 2.05) is 6.92 Å². The predicted molar refractivity (Wildman–Crippen MR) is 50.2 cm³/mol. The quantitative estimate of drug-likeness (QED) is 0.582. The van der Waals surface area contributed by atoms with E-state index in [1.54, 1.807) is 0 Å². The van der Waals surface area contributed by atoms with Gasteiger partial charge in [0, 0.05) is 0 Å². The first-order valence-corrected chi connectivity index (χ1v) is 5.37. The van der Waals surface area contributed by atoms with Gasteiger partial charge in [-0.05, 0) is 32.6 Å². The van der Waals surface area contributed by atoms with Crippen LogP contribution in [-0.2, 0) is 9.53 Å². The fourth-order valence-electron chi connectivity index (χ4n) is 2.68. The molecule has 74 valence electrons. The standard InChI is InChI=1S/C11H18O2/c1-8-10(12)13-11(8,2)9-6-4-3-5-7-9/h8-9H,3-7H2,1-2H3. The molecule has 0 aromatic rings. The van der Waals surface area contributed by atoms with E-state index in [0.29, 0.717) is 5.92 Å². The van der Waals surface area contributed by atoms with Gasteiger partial charge in [0.2, 0.25) is 0 Å². The third kappa shape index (κ3) is 1.27. The summed E-state index contributed by atoms with van der Waals surface area (Å²) in [4.78, 5) is 11.1. The lowest BCUT2D eigenvalue weighted by molar-refractivity contribution is -0.221. The summed E-state index contributed by atoms with van der Waals surface area (Å²) in [6.45, 7) is 4.11. The molecule has 0 radical (unpaired) electrons. The van der Waals surface area contributed by atoms with Crippen molar-refractivity contribution in [3.05, 3.63) is 0 Å². The molecule has 0 aromatic heterocycles. The summed E-state index contributed by atoms with van der Waals surface area (Å²) in [5.74, 6) is 0.734. The SMILES string of the molecule is CC1C(=O)OC1(C)C1CCCCC1. The second-order valence-corrected chi connectivity index (χ2v) is 4.66. The normalized spacial score (nSPS) is 41.1. The van der Waals surface area contributed by atoms with Crippen molar-refractivity contribution in [2.75, 3.05) is 0 Å². The maximum absolute atomic E-state index is 11.1. The molecule has 2 heteroatoms. The Kier molecular flexibility index (Phi) is 2.09. The first kappa shape index (κ1) is 9.04. The number of rotatable bonds is 1.